The predicted octanol–water partition coefficient (Wildman–Crippen LogP) is 1.68. The molecule has 0 aliphatic heterocycles. The molecule has 2 N–H and O–H groups in total. The molecule has 0 unspecified atom stereocenters. The summed E-state index contributed by atoms with van der Waals surface area (Å²) in [5, 5.41) is 0. The molecule has 5 nitrogen and oxygen atoms in total. The zero-order valence-corrected chi connectivity index (χ0v) is 9.33. The van der Waals surface area contributed by atoms with Gasteiger partial charge in [0.15, 0.2) is 0 Å². The van der Waals surface area contributed by atoms with Crippen LogP contribution >= 0.6 is 0 Å². The number of nitrogen functional groups attached to an aromatic ring is 1. The van der Waals surface area contributed by atoms with Gasteiger partial charge in [-0.1, -0.05) is 6.07 Å². The Labute approximate surface area is 98.0 Å². The molecule has 0 aromatic carbocycles. The van der Waals surface area contributed by atoms with Gasteiger partial charge in [-0.15, -0.1) is 0 Å². The van der Waals surface area contributed by atoms with Gasteiger partial charge in [0.2, 0.25) is 0 Å². The number of anilines is 1. The summed E-state index contributed by atoms with van der Waals surface area (Å²) in [6.07, 6.45) is 5.07. The summed E-state index contributed by atoms with van der Waals surface area (Å²) in [4.78, 5) is 12.6. The fourth-order valence-corrected chi connectivity index (χ4v) is 1.84. The number of imidazole rings is 1. The lowest BCUT2D eigenvalue weighted by Crippen LogP contribution is -1.95. The van der Waals surface area contributed by atoms with Gasteiger partial charge in [-0.25, -0.2) is 15.0 Å². The SMILES string of the molecule is Cc1cccn2c(N)c(-c3ccncn3)nc12. The summed E-state index contributed by atoms with van der Waals surface area (Å²) in [7, 11) is 0. The molecule has 0 fully saturated rings. The second kappa shape index (κ2) is 3.55. The minimum absolute atomic E-state index is 0.599. The molecule has 17 heavy (non-hydrogen) atoms. The van der Waals surface area contributed by atoms with Crippen LogP contribution in [0.5, 0.6) is 0 Å². The van der Waals surface area contributed by atoms with Crippen molar-refractivity contribution in [3.8, 4) is 11.4 Å². The van der Waals surface area contributed by atoms with Gasteiger partial charge < -0.3 is 5.73 Å². The summed E-state index contributed by atoms with van der Waals surface area (Å²) in [6.45, 7) is 2.01. The largest absolute Gasteiger partial charge is 0.383 e. The molecule has 0 bridgehead atoms. The summed E-state index contributed by atoms with van der Waals surface area (Å²) < 4.78 is 1.87. The van der Waals surface area contributed by atoms with Crippen molar-refractivity contribution in [3.05, 3.63) is 42.5 Å². The monoisotopic (exact) mass is 225 g/mol. The van der Waals surface area contributed by atoms with E-state index in [1.165, 1.54) is 6.33 Å². The predicted molar refractivity (Wildman–Crippen MR) is 65.4 cm³/mol. The lowest BCUT2D eigenvalue weighted by molar-refractivity contribution is 1.16. The number of nitrogens with zero attached hydrogens (tertiary/aromatic N) is 4. The van der Waals surface area contributed by atoms with Crippen LogP contribution < -0.4 is 5.73 Å². The molecular formula is C12H11N5. The Kier molecular flexibility index (Phi) is 2.04. The smallest absolute Gasteiger partial charge is 0.142 e. The number of rotatable bonds is 1. The molecule has 0 amide bonds. The second-order valence-corrected chi connectivity index (χ2v) is 3.83. The van der Waals surface area contributed by atoms with E-state index in [2.05, 4.69) is 15.0 Å². The van der Waals surface area contributed by atoms with Crippen LogP contribution in [0.15, 0.2) is 36.9 Å². The lowest BCUT2D eigenvalue weighted by atomic mass is 10.3. The molecule has 0 radical (unpaired) electrons. The number of aromatic nitrogens is 4. The molecule has 0 saturated heterocycles. The zero-order valence-electron chi connectivity index (χ0n) is 9.33. The zero-order chi connectivity index (χ0) is 11.8. The second-order valence-electron chi connectivity index (χ2n) is 3.83. The summed E-state index contributed by atoms with van der Waals surface area (Å²) in [6, 6.07) is 5.75. The Balaban J connectivity index is 2.32. The average Bonchev–Trinajstić information content (AvgIpc) is 2.70. The van der Waals surface area contributed by atoms with Gasteiger partial charge >= 0.3 is 0 Å². The number of hydrogen-bond acceptors (Lipinski definition) is 4. The molecule has 0 saturated carbocycles. The van der Waals surface area contributed by atoms with Gasteiger partial charge in [0.1, 0.15) is 23.5 Å². The average molecular weight is 225 g/mol. The first-order valence-corrected chi connectivity index (χ1v) is 5.27. The third kappa shape index (κ3) is 1.44. The standard InChI is InChI=1S/C12H11N5/c1-8-3-2-6-17-11(13)10(16-12(8)17)9-4-5-14-7-15-9/h2-7H,13H2,1H3. The van der Waals surface area contributed by atoms with E-state index in [1.54, 1.807) is 12.3 Å². The topological polar surface area (TPSA) is 69.1 Å². The van der Waals surface area contributed by atoms with Crippen molar-refractivity contribution in [1.29, 1.82) is 0 Å². The first kappa shape index (κ1) is 9.77. The van der Waals surface area contributed by atoms with Crippen LogP contribution in [0, 0.1) is 6.92 Å². The minimum atomic E-state index is 0.599. The first-order valence-electron chi connectivity index (χ1n) is 5.27. The van der Waals surface area contributed by atoms with Crippen molar-refractivity contribution < 1.29 is 0 Å². The Bertz CT molecular complexity index is 672. The Morgan fingerprint density at radius 2 is 2.18 bits per heavy atom. The molecule has 3 rings (SSSR count). The fraction of sp³-hybridized carbons (Fsp3) is 0.0833. The van der Waals surface area contributed by atoms with Crippen LogP contribution in [-0.4, -0.2) is 19.4 Å². The van der Waals surface area contributed by atoms with E-state index < -0.39 is 0 Å². The maximum Gasteiger partial charge on any atom is 0.142 e. The van der Waals surface area contributed by atoms with Crippen molar-refractivity contribution in [3.63, 3.8) is 0 Å². The minimum Gasteiger partial charge on any atom is -0.383 e. The van der Waals surface area contributed by atoms with Gasteiger partial charge in [-0.05, 0) is 24.6 Å². The van der Waals surface area contributed by atoms with Crippen LogP contribution in [0.1, 0.15) is 5.56 Å². The van der Waals surface area contributed by atoms with Crippen LogP contribution in [0.4, 0.5) is 5.82 Å². The molecule has 0 aliphatic rings. The Morgan fingerprint density at radius 3 is 2.88 bits per heavy atom. The van der Waals surface area contributed by atoms with Crippen LogP contribution in [0.3, 0.4) is 0 Å². The van der Waals surface area contributed by atoms with Crippen LogP contribution in [-0.2, 0) is 0 Å². The summed E-state index contributed by atoms with van der Waals surface area (Å²) in [5.74, 6) is 0.599. The van der Waals surface area contributed by atoms with E-state index in [9.17, 15) is 0 Å². The molecule has 0 atom stereocenters. The van der Waals surface area contributed by atoms with E-state index in [0.717, 1.165) is 16.9 Å². The quantitative estimate of drug-likeness (QED) is 0.684. The van der Waals surface area contributed by atoms with Crippen LogP contribution in [0.2, 0.25) is 0 Å². The molecule has 3 aromatic rings. The third-order valence-corrected chi connectivity index (χ3v) is 2.71. The highest BCUT2D eigenvalue weighted by molar-refractivity contribution is 5.73. The highest BCUT2D eigenvalue weighted by Crippen LogP contribution is 2.25. The van der Waals surface area contributed by atoms with E-state index in [0.29, 0.717) is 11.5 Å². The van der Waals surface area contributed by atoms with Gasteiger partial charge in [0, 0.05) is 12.4 Å². The van der Waals surface area contributed by atoms with Crippen molar-refractivity contribution >= 4 is 11.5 Å². The lowest BCUT2D eigenvalue weighted by Gasteiger charge is -1.98. The maximum atomic E-state index is 6.08. The number of nitrogens with two attached hydrogens (primary N) is 1. The number of hydrogen-bond donors (Lipinski definition) is 1. The van der Waals surface area contributed by atoms with Crippen LogP contribution in [0.25, 0.3) is 17.0 Å². The normalized spacial score (nSPS) is 10.9. The number of pyridine rings is 1. The number of fused-ring (bicyclic) bond motifs is 1. The molecule has 0 spiro atoms. The van der Waals surface area contributed by atoms with E-state index in [4.69, 9.17) is 5.73 Å². The van der Waals surface area contributed by atoms with E-state index in [-0.39, 0.29) is 0 Å². The molecule has 0 aliphatic carbocycles. The first-order chi connectivity index (χ1) is 8.27. The Morgan fingerprint density at radius 1 is 1.29 bits per heavy atom. The van der Waals surface area contributed by atoms with Gasteiger partial charge in [0.25, 0.3) is 0 Å². The molecule has 3 aromatic heterocycles. The van der Waals surface area contributed by atoms with Crippen molar-refractivity contribution in [2.24, 2.45) is 0 Å². The van der Waals surface area contributed by atoms with Crippen molar-refractivity contribution in [2.45, 2.75) is 6.92 Å². The summed E-state index contributed by atoms with van der Waals surface area (Å²) >= 11 is 0. The highest BCUT2D eigenvalue weighted by Gasteiger charge is 2.12. The molecular weight excluding hydrogens is 214 g/mol. The highest BCUT2D eigenvalue weighted by atomic mass is 15.1. The fourth-order valence-electron chi connectivity index (χ4n) is 1.84. The maximum absolute atomic E-state index is 6.08. The molecule has 84 valence electrons. The third-order valence-electron chi connectivity index (χ3n) is 2.71. The number of aryl methyl sites for hydroxylation is 1. The van der Waals surface area contributed by atoms with Gasteiger partial charge in [-0.2, -0.15) is 0 Å². The van der Waals surface area contributed by atoms with E-state index >= 15 is 0 Å². The van der Waals surface area contributed by atoms with E-state index in [1.807, 2.05) is 29.7 Å². The van der Waals surface area contributed by atoms with Gasteiger partial charge in [-0.3, -0.25) is 4.40 Å². The van der Waals surface area contributed by atoms with Crippen molar-refractivity contribution in [2.75, 3.05) is 5.73 Å². The van der Waals surface area contributed by atoms with Gasteiger partial charge in [0.05, 0.1) is 5.69 Å². The molecule has 3 heterocycles. The molecule has 5 heteroatoms. The van der Waals surface area contributed by atoms with Crippen molar-refractivity contribution in [1.82, 2.24) is 19.4 Å². The summed E-state index contributed by atoms with van der Waals surface area (Å²) in [5.41, 5.74) is 9.46. The Hall–Kier alpha value is -2.43.